The van der Waals surface area contributed by atoms with Crippen molar-refractivity contribution in [2.24, 2.45) is 0 Å². The molecular formula is C25H20Cl2N2O6. The maximum atomic E-state index is 13.2. The van der Waals surface area contributed by atoms with E-state index in [4.69, 9.17) is 37.1 Å². The summed E-state index contributed by atoms with van der Waals surface area (Å²) in [7, 11) is 1.45. The highest BCUT2D eigenvalue weighted by atomic mass is 35.5. The van der Waals surface area contributed by atoms with Crippen LogP contribution in [0.2, 0.25) is 10.0 Å². The van der Waals surface area contributed by atoms with Crippen molar-refractivity contribution in [2.75, 3.05) is 18.6 Å². The fourth-order valence-corrected chi connectivity index (χ4v) is 3.81. The number of anilines is 1. The molecule has 1 aliphatic heterocycles. The summed E-state index contributed by atoms with van der Waals surface area (Å²) in [6.45, 7) is 2.44. The summed E-state index contributed by atoms with van der Waals surface area (Å²) >= 11 is 12.3. The van der Waals surface area contributed by atoms with Crippen LogP contribution in [0.1, 0.15) is 19.1 Å². The van der Waals surface area contributed by atoms with Crippen LogP contribution >= 0.6 is 23.2 Å². The molecule has 0 unspecified atom stereocenters. The Hall–Kier alpha value is -3.75. The first-order valence-electron chi connectivity index (χ1n) is 10.6. The van der Waals surface area contributed by atoms with E-state index < -0.39 is 17.8 Å². The van der Waals surface area contributed by atoms with E-state index in [9.17, 15) is 14.4 Å². The smallest absolute Gasteiger partial charge is 0.335 e. The Kier molecular flexibility index (Phi) is 7.14. The number of hydrogen-bond donors (Lipinski definition) is 1. The van der Waals surface area contributed by atoms with Crippen LogP contribution in [0.4, 0.5) is 10.5 Å². The lowest BCUT2D eigenvalue weighted by Crippen LogP contribution is -2.54. The molecule has 0 atom stereocenters. The zero-order valence-corrected chi connectivity index (χ0v) is 20.3. The van der Waals surface area contributed by atoms with Crippen molar-refractivity contribution < 1.29 is 28.3 Å². The minimum atomic E-state index is -0.882. The molecule has 4 rings (SSSR count). The van der Waals surface area contributed by atoms with Crippen molar-refractivity contribution in [2.45, 2.75) is 13.3 Å². The molecule has 1 fully saturated rings. The molecule has 0 radical (unpaired) electrons. The fraction of sp³-hybridized carbons (Fsp3) is 0.160. The first-order valence-corrected chi connectivity index (χ1v) is 11.4. The Labute approximate surface area is 211 Å². The largest absolute Gasteiger partial charge is 0.493 e. The van der Waals surface area contributed by atoms with Crippen LogP contribution < -0.4 is 19.7 Å². The van der Waals surface area contributed by atoms with Crippen LogP contribution in [-0.2, 0) is 9.59 Å². The lowest BCUT2D eigenvalue weighted by Gasteiger charge is -2.26. The number of carbonyl (C=O) groups excluding carboxylic acids is 3. The number of nitrogens with zero attached hydrogens (tertiary/aromatic N) is 1. The molecule has 0 aliphatic carbocycles. The van der Waals surface area contributed by atoms with E-state index in [0.717, 1.165) is 11.3 Å². The van der Waals surface area contributed by atoms with Crippen molar-refractivity contribution >= 4 is 52.8 Å². The molecule has 10 heteroatoms. The second kappa shape index (κ2) is 10.2. The van der Waals surface area contributed by atoms with Crippen LogP contribution in [-0.4, -0.2) is 31.6 Å². The number of benzene rings is 2. The minimum Gasteiger partial charge on any atom is -0.493 e. The fourth-order valence-electron chi connectivity index (χ4n) is 3.42. The predicted molar refractivity (Wildman–Crippen MR) is 132 cm³/mol. The van der Waals surface area contributed by atoms with Crippen molar-refractivity contribution in [3.05, 3.63) is 69.9 Å². The van der Waals surface area contributed by atoms with Crippen LogP contribution in [0.15, 0.2) is 58.5 Å². The molecule has 0 bridgehead atoms. The second-order valence-electron chi connectivity index (χ2n) is 7.47. The molecule has 8 nitrogen and oxygen atoms in total. The third kappa shape index (κ3) is 5.03. The summed E-state index contributed by atoms with van der Waals surface area (Å²) in [4.78, 5) is 39.1. The van der Waals surface area contributed by atoms with E-state index in [1.54, 1.807) is 36.4 Å². The van der Waals surface area contributed by atoms with Crippen molar-refractivity contribution in [1.82, 2.24) is 5.32 Å². The third-order valence-corrected chi connectivity index (χ3v) is 5.64. The Morgan fingerprint density at radius 3 is 2.57 bits per heavy atom. The maximum absolute atomic E-state index is 13.2. The maximum Gasteiger partial charge on any atom is 0.335 e. The van der Waals surface area contributed by atoms with Gasteiger partial charge in [0.1, 0.15) is 17.1 Å². The average molecular weight is 515 g/mol. The molecule has 1 aromatic heterocycles. The number of halogens is 2. The molecule has 0 spiro atoms. The summed E-state index contributed by atoms with van der Waals surface area (Å²) in [6, 6.07) is 11.9. The van der Waals surface area contributed by atoms with E-state index in [0.29, 0.717) is 39.5 Å². The van der Waals surface area contributed by atoms with Crippen molar-refractivity contribution in [1.29, 1.82) is 0 Å². The van der Waals surface area contributed by atoms with Gasteiger partial charge in [-0.1, -0.05) is 30.1 Å². The van der Waals surface area contributed by atoms with Crippen LogP contribution in [0.3, 0.4) is 0 Å². The summed E-state index contributed by atoms with van der Waals surface area (Å²) in [5.74, 6) is -0.240. The summed E-state index contributed by atoms with van der Waals surface area (Å²) in [5, 5.41) is 3.07. The van der Waals surface area contributed by atoms with Crippen molar-refractivity contribution in [3.8, 4) is 22.8 Å². The van der Waals surface area contributed by atoms with Crippen molar-refractivity contribution in [3.63, 3.8) is 0 Å². The van der Waals surface area contributed by atoms with Gasteiger partial charge >= 0.3 is 6.03 Å². The number of amides is 4. The Bertz CT molecular complexity index is 1350. The third-order valence-electron chi connectivity index (χ3n) is 5.08. The quantitative estimate of drug-likeness (QED) is 0.320. The lowest BCUT2D eigenvalue weighted by molar-refractivity contribution is -0.122. The molecule has 35 heavy (non-hydrogen) atoms. The topological polar surface area (TPSA) is 98.1 Å². The van der Waals surface area contributed by atoms with Gasteiger partial charge in [0.05, 0.1) is 24.4 Å². The van der Waals surface area contributed by atoms with E-state index in [1.807, 2.05) is 6.92 Å². The van der Waals surface area contributed by atoms with Gasteiger partial charge in [-0.2, -0.15) is 0 Å². The average Bonchev–Trinajstić information content (AvgIpc) is 3.30. The highest BCUT2D eigenvalue weighted by Gasteiger charge is 2.37. The summed E-state index contributed by atoms with van der Waals surface area (Å²) in [5.41, 5.74) is 0.475. The van der Waals surface area contributed by atoms with E-state index in [-0.39, 0.29) is 17.0 Å². The zero-order valence-electron chi connectivity index (χ0n) is 18.8. The van der Waals surface area contributed by atoms with E-state index in [1.165, 1.54) is 25.3 Å². The van der Waals surface area contributed by atoms with Gasteiger partial charge in [-0.3, -0.25) is 14.9 Å². The first-order chi connectivity index (χ1) is 16.8. The first kappa shape index (κ1) is 24.4. The van der Waals surface area contributed by atoms with Crippen LogP contribution in [0.25, 0.3) is 17.4 Å². The summed E-state index contributed by atoms with van der Waals surface area (Å²) < 4.78 is 16.7. The number of imide groups is 2. The predicted octanol–water partition coefficient (Wildman–Crippen LogP) is 5.72. The zero-order chi connectivity index (χ0) is 25.1. The number of urea groups is 1. The molecule has 1 N–H and O–H groups in total. The van der Waals surface area contributed by atoms with Gasteiger partial charge in [-0.05, 0) is 55.0 Å². The molecule has 0 saturated carbocycles. The SMILES string of the molecule is CCCOc1ccc(N2C(=O)NC(=O)/C(=C/c3ccc(-c4cc(Cl)ccc4Cl)o3)C2=O)cc1OC. The van der Waals surface area contributed by atoms with E-state index >= 15 is 0 Å². The van der Waals surface area contributed by atoms with Crippen LogP contribution in [0.5, 0.6) is 11.5 Å². The molecule has 1 aliphatic rings. The highest BCUT2D eigenvalue weighted by molar-refractivity contribution is 6.39. The number of methoxy groups -OCH3 is 1. The molecule has 2 heterocycles. The Morgan fingerprint density at radius 1 is 1.03 bits per heavy atom. The molecule has 180 valence electrons. The van der Waals surface area contributed by atoms with Gasteiger partial charge < -0.3 is 13.9 Å². The Morgan fingerprint density at radius 2 is 1.83 bits per heavy atom. The number of barbiturate groups is 1. The van der Waals surface area contributed by atoms with Crippen LogP contribution in [0, 0.1) is 0 Å². The number of furan rings is 1. The monoisotopic (exact) mass is 514 g/mol. The number of ether oxygens (including phenoxy) is 2. The van der Waals surface area contributed by atoms with Gasteiger partial charge in [0.25, 0.3) is 11.8 Å². The van der Waals surface area contributed by atoms with Gasteiger partial charge in [0.2, 0.25) is 0 Å². The normalized spacial score (nSPS) is 14.9. The van der Waals surface area contributed by atoms with Gasteiger partial charge in [-0.25, -0.2) is 9.69 Å². The number of rotatable bonds is 7. The number of nitrogens with one attached hydrogen (secondary N) is 1. The highest BCUT2D eigenvalue weighted by Crippen LogP contribution is 2.35. The molecule has 4 amide bonds. The number of hydrogen-bond acceptors (Lipinski definition) is 6. The van der Waals surface area contributed by atoms with E-state index in [2.05, 4.69) is 5.32 Å². The minimum absolute atomic E-state index is 0.206. The lowest BCUT2D eigenvalue weighted by atomic mass is 10.1. The standard InChI is InChI=1S/C25H20Cl2N2O6/c1-3-10-34-21-8-5-15(12-22(21)33-2)29-24(31)18(23(30)28-25(29)32)13-16-6-9-20(35-16)17-11-14(26)4-7-19(17)27/h4-9,11-13H,3,10H2,1-2H3,(H,28,30,32)/b18-13-. The second-order valence-corrected chi connectivity index (χ2v) is 8.31. The van der Waals surface area contributed by atoms with Gasteiger partial charge in [0.15, 0.2) is 11.5 Å². The van der Waals surface area contributed by atoms with Gasteiger partial charge in [0, 0.05) is 16.7 Å². The Balaban J connectivity index is 1.66. The molecule has 2 aromatic carbocycles. The molecular weight excluding hydrogens is 495 g/mol. The number of carbonyl (C=O) groups is 3. The molecule has 3 aromatic rings. The summed E-state index contributed by atoms with van der Waals surface area (Å²) in [6.07, 6.45) is 2.06. The molecule has 1 saturated heterocycles. The van der Waals surface area contributed by atoms with Gasteiger partial charge in [-0.15, -0.1) is 0 Å².